The average Bonchev–Trinajstić information content (AvgIpc) is 2.64. The van der Waals surface area contributed by atoms with E-state index in [4.69, 9.17) is 11.6 Å². The monoisotopic (exact) mass is 357 g/mol. The van der Waals surface area contributed by atoms with Gasteiger partial charge in [0, 0.05) is 0 Å². The zero-order chi connectivity index (χ0) is 17.9. The predicted octanol–water partition coefficient (Wildman–Crippen LogP) is 4.85. The molecule has 0 aliphatic carbocycles. The third-order valence-electron chi connectivity index (χ3n) is 3.75. The molecule has 0 unspecified atom stereocenters. The van der Waals surface area contributed by atoms with E-state index in [-0.39, 0.29) is 12.5 Å². The Hall–Kier alpha value is -2.33. The smallest absolute Gasteiger partial charge is 0.259 e. The zero-order valence-corrected chi connectivity index (χ0v) is 15.2. The molecular formula is C20H24ClN3O. The van der Waals surface area contributed by atoms with Crippen molar-refractivity contribution in [1.82, 2.24) is 5.43 Å². The van der Waals surface area contributed by atoms with Gasteiger partial charge in [-0.3, -0.25) is 4.79 Å². The minimum Gasteiger partial charge on any atom is -0.375 e. The molecule has 132 valence electrons. The van der Waals surface area contributed by atoms with Gasteiger partial charge in [0.15, 0.2) is 0 Å². The van der Waals surface area contributed by atoms with Crippen molar-refractivity contribution in [2.24, 2.45) is 5.10 Å². The molecule has 0 spiro atoms. The maximum absolute atomic E-state index is 12.1. The quantitative estimate of drug-likeness (QED) is 0.383. The summed E-state index contributed by atoms with van der Waals surface area (Å²) in [5, 5.41) is 7.95. The molecule has 0 radical (unpaired) electrons. The molecule has 2 aromatic rings. The molecule has 0 saturated carbocycles. The van der Waals surface area contributed by atoms with E-state index in [1.165, 1.54) is 0 Å². The lowest BCUT2D eigenvalue weighted by Crippen LogP contribution is -2.27. The number of benzene rings is 2. The summed E-state index contributed by atoms with van der Waals surface area (Å²) < 4.78 is 0. The molecule has 5 heteroatoms. The van der Waals surface area contributed by atoms with Crippen LogP contribution in [-0.2, 0) is 4.79 Å². The Morgan fingerprint density at radius 1 is 1.04 bits per heavy atom. The molecule has 2 N–H and O–H groups in total. The van der Waals surface area contributed by atoms with Crippen LogP contribution >= 0.6 is 11.6 Å². The number of carbonyl (C=O) groups excluding carboxylic acids is 1. The molecule has 2 aromatic carbocycles. The van der Waals surface area contributed by atoms with Gasteiger partial charge in [-0.1, -0.05) is 73.8 Å². The minimum absolute atomic E-state index is 0.115. The highest BCUT2D eigenvalue weighted by Gasteiger charge is 2.06. The first-order valence-electron chi connectivity index (χ1n) is 8.60. The highest BCUT2D eigenvalue weighted by atomic mass is 35.5. The van der Waals surface area contributed by atoms with E-state index in [1.807, 2.05) is 48.5 Å². The minimum atomic E-state index is -0.205. The van der Waals surface area contributed by atoms with Crippen LogP contribution in [0, 0.1) is 0 Å². The molecule has 0 aromatic heterocycles. The fourth-order valence-electron chi connectivity index (χ4n) is 2.39. The van der Waals surface area contributed by atoms with Crippen molar-refractivity contribution < 1.29 is 4.79 Å². The van der Waals surface area contributed by atoms with Crippen LogP contribution in [-0.4, -0.2) is 18.2 Å². The number of nitrogens with zero attached hydrogens (tertiary/aromatic N) is 1. The molecule has 0 atom stereocenters. The predicted molar refractivity (Wildman–Crippen MR) is 105 cm³/mol. The summed E-state index contributed by atoms with van der Waals surface area (Å²) in [6.45, 7) is 2.28. The fourth-order valence-corrected chi connectivity index (χ4v) is 2.59. The van der Waals surface area contributed by atoms with Gasteiger partial charge in [-0.15, -0.1) is 0 Å². The van der Waals surface area contributed by atoms with E-state index in [0.29, 0.717) is 5.02 Å². The van der Waals surface area contributed by atoms with Crippen molar-refractivity contribution in [1.29, 1.82) is 0 Å². The van der Waals surface area contributed by atoms with Gasteiger partial charge in [0.2, 0.25) is 0 Å². The molecule has 0 heterocycles. The van der Waals surface area contributed by atoms with Crippen LogP contribution < -0.4 is 10.7 Å². The number of rotatable bonds is 9. The van der Waals surface area contributed by atoms with Crippen LogP contribution in [0.1, 0.15) is 38.2 Å². The molecule has 0 aliphatic heterocycles. The number of anilines is 1. The number of carbonyl (C=O) groups is 1. The number of hydrogen-bond acceptors (Lipinski definition) is 3. The van der Waals surface area contributed by atoms with E-state index in [0.717, 1.165) is 42.6 Å². The summed E-state index contributed by atoms with van der Waals surface area (Å²) in [5.74, 6) is -0.205. The normalized spacial score (nSPS) is 11.2. The lowest BCUT2D eigenvalue weighted by Gasteiger charge is -2.09. The van der Waals surface area contributed by atoms with E-state index < -0.39 is 0 Å². The second-order valence-electron chi connectivity index (χ2n) is 5.75. The molecule has 4 nitrogen and oxygen atoms in total. The maximum atomic E-state index is 12.1. The molecule has 0 fully saturated rings. The molecule has 2 rings (SSSR count). The Kier molecular flexibility index (Phi) is 7.99. The number of halogens is 1. The highest BCUT2D eigenvalue weighted by molar-refractivity contribution is 6.33. The molecule has 25 heavy (non-hydrogen) atoms. The van der Waals surface area contributed by atoms with Gasteiger partial charge >= 0.3 is 0 Å². The van der Waals surface area contributed by atoms with Gasteiger partial charge in [0.25, 0.3) is 5.91 Å². The van der Waals surface area contributed by atoms with Gasteiger partial charge in [0.05, 0.1) is 23.0 Å². The van der Waals surface area contributed by atoms with Crippen molar-refractivity contribution in [3.05, 3.63) is 65.2 Å². The largest absolute Gasteiger partial charge is 0.375 e. The second kappa shape index (κ2) is 10.5. The summed E-state index contributed by atoms with van der Waals surface area (Å²) in [5.41, 5.74) is 5.32. The van der Waals surface area contributed by atoms with Crippen LogP contribution in [0.5, 0.6) is 0 Å². The van der Waals surface area contributed by atoms with Crippen LogP contribution in [0.2, 0.25) is 5.02 Å². The van der Waals surface area contributed by atoms with Gasteiger partial charge in [-0.2, -0.15) is 5.10 Å². The number of para-hydroxylation sites is 1. The van der Waals surface area contributed by atoms with Gasteiger partial charge in [-0.25, -0.2) is 5.43 Å². The van der Waals surface area contributed by atoms with Crippen molar-refractivity contribution >= 4 is 28.9 Å². The van der Waals surface area contributed by atoms with Gasteiger partial charge < -0.3 is 5.32 Å². The van der Waals surface area contributed by atoms with Crippen molar-refractivity contribution in [2.45, 2.75) is 32.6 Å². The summed E-state index contributed by atoms with van der Waals surface area (Å²) >= 11 is 6.06. The van der Waals surface area contributed by atoms with E-state index in [9.17, 15) is 4.79 Å². The van der Waals surface area contributed by atoms with Crippen LogP contribution in [0.15, 0.2) is 59.7 Å². The number of nitrogens with one attached hydrogen (secondary N) is 2. The first-order valence-corrected chi connectivity index (χ1v) is 8.97. The summed E-state index contributed by atoms with van der Waals surface area (Å²) in [6, 6.07) is 17.3. The topological polar surface area (TPSA) is 53.5 Å². The highest BCUT2D eigenvalue weighted by Crippen LogP contribution is 2.19. The summed E-state index contributed by atoms with van der Waals surface area (Å²) in [7, 11) is 0. The lowest BCUT2D eigenvalue weighted by atomic mass is 10.0. The number of hydrogen-bond donors (Lipinski definition) is 2. The van der Waals surface area contributed by atoms with Gasteiger partial charge in [-0.05, 0) is 30.5 Å². The Labute approximate surface area is 154 Å². The van der Waals surface area contributed by atoms with Crippen LogP contribution in [0.25, 0.3) is 0 Å². The third kappa shape index (κ3) is 6.59. The molecular weight excluding hydrogens is 334 g/mol. The Balaban J connectivity index is 1.94. The molecule has 0 aliphatic rings. The van der Waals surface area contributed by atoms with E-state index in [1.54, 1.807) is 6.07 Å². The molecule has 0 bridgehead atoms. The first-order chi connectivity index (χ1) is 12.2. The Bertz CT molecular complexity index is 701. The maximum Gasteiger partial charge on any atom is 0.259 e. The molecule has 0 saturated heterocycles. The van der Waals surface area contributed by atoms with Crippen LogP contribution in [0.3, 0.4) is 0 Å². The number of amides is 1. The van der Waals surface area contributed by atoms with E-state index in [2.05, 4.69) is 22.8 Å². The van der Waals surface area contributed by atoms with Crippen LogP contribution in [0.4, 0.5) is 5.69 Å². The SMILES string of the molecule is CCCCC/C(=N/NC(=O)CNc1ccccc1Cl)c1ccccc1. The van der Waals surface area contributed by atoms with Crippen molar-refractivity contribution in [3.8, 4) is 0 Å². The average molecular weight is 358 g/mol. The zero-order valence-electron chi connectivity index (χ0n) is 14.5. The summed E-state index contributed by atoms with van der Waals surface area (Å²) in [4.78, 5) is 12.1. The Morgan fingerprint density at radius 2 is 1.76 bits per heavy atom. The summed E-state index contributed by atoms with van der Waals surface area (Å²) in [6.07, 6.45) is 4.19. The van der Waals surface area contributed by atoms with E-state index >= 15 is 0 Å². The fraction of sp³-hybridized carbons (Fsp3) is 0.300. The Morgan fingerprint density at radius 3 is 2.48 bits per heavy atom. The number of hydrazone groups is 1. The van der Waals surface area contributed by atoms with Crippen molar-refractivity contribution in [2.75, 3.05) is 11.9 Å². The van der Waals surface area contributed by atoms with Gasteiger partial charge in [0.1, 0.15) is 0 Å². The third-order valence-corrected chi connectivity index (χ3v) is 4.08. The first kappa shape index (κ1) is 19.0. The van der Waals surface area contributed by atoms with Crippen molar-refractivity contribution in [3.63, 3.8) is 0 Å². The lowest BCUT2D eigenvalue weighted by molar-refractivity contribution is -0.119. The standard InChI is InChI=1S/C20H24ClN3O/c1-2-3-5-13-18(16-10-6-4-7-11-16)23-24-20(25)15-22-19-14-9-8-12-17(19)21/h4,6-12,14,22H,2-3,5,13,15H2,1H3,(H,24,25)/b23-18-. The molecule has 1 amide bonds. The number of unbranched alkanes of at least 4 members (excludes halogenated alkanes) is 2. The second-order valence-corrected chi connectivity index (χ2v) is 6.16.